The third-order valence-corrected chi connectivity index (χ3v) is 7.43. The molecule has 4 aromatic heterocycles. The van der Waals surface area contributed by atoms with Crippen molar-refractivity contribution in [2.24, 2.45) is 0 Å². The average molecular weight is 526 g/mol. The second-order valence-corrected chi connectivity index (χ2v) is 9.80. The monoisotopic (exact) mass is 525 g/mol. The summed E-state index contributed by atoms with van der Waals surface area (Å²) >= 11 is 0. The molecule has 2 bridgehead atoms. The van der Waals surface area contributed by atoms with Gasteiger partial charge in [-0.25, -0.2) is 19.3 Å². The largest absolute Gasteiger partial charge is 0.481 e. The first-order valence-electron chi connectivity index (χ1n) is 12.7. The molecule has 39 heavy (non-hydrogen) atoms. The Hall–Kier alpha value is -4.76. The fourth-order valence-corrected chi connectivity index (χ4v) is 5.50. The molecule has 2 atom stereocenters. The van der Waals surface area contributed by atoms with E-state index in [9.17, 15) is 10.1 Å². The van der Waals surface area contributed by atoms with Gasteiger partial charge in [0.05, 0.1) is 42.5 Å². The Morgan fingerprint density at radius 2 is 2.00 bits per heavy atom. The normalized spacial score (nSPS) is 18.4. The Labute approximate surface area is 224 Å². The number of nitrogens with one attached hydrogen (secondary N) is 1. The van der Waals surface area contributed by atoms with Gasteiger partial charge in [0.25, 0.3) is 0 Å². The van der Waals surface area contributed by atoms with Crippen molar-refractivity contribution in [3.05, 3.63) is 65.9 Å². The van der Waals surface area contributed by atoms with Gasteiger partial charge in [-0.3, -0.25) is 9.88 Å². The first kappa shape index (κ1) is 24.6. The molecule has 7 rings (SSSR count). The Morgan fingerprint density at radius 1 is 1.15 bits per heavy atom. The van der Waals surface area contributed by atoms with E-state index in [1.807, 2.05) is 18.3 Å². The molecule has 0 spiro atoms. The van der Waals surface area contributed by atoms with Gasteiger partial charge in [0.15, 0.2) is 0 Å². The highest BCUT2D eigenvalue weighted by Gasteiger charge is 2.44. The number of nitrogens with zero attached hydrogens (tertiary/aromatic N) is 8. The van der Waals surface area contributed by atoms with E-state index in [-0.39, 0.29) is 6.54 Å². The summed E-state index contributed by atoms with van der Waals surface area (Å²) < 4.78 is 6.81. The minimum atomic E-state index is -1.07. The zero-order valence-corrected chi connectivity index (χ0v) is 21.4. The number of ether oxygens (including phenoxy) is 1. The summed E-state index contributed by atoms with van der Waals surface area (Å²) in [6, 6.07) is 8.98. The first-order valence-corrected chi connectivity index (χ1v) is 12.7. The number of rotatable bonds is 8. The van der Waals surface area contributed by atoms with Crippen molar-refractivity contribution in [1.82, 2.24) is 34.8 Å². The lowest BCUT2D eigenvalue weighted by Crippen LogP contribution is -2.68. The number of fused-ring (bicyclic) bond motifs is 3. The quantitative estimate of drug-likeness (QED) is 0.352. The summed E-state index contributed by atoms with van der Waals surface area (Å²) in [5.41, 5.74) is 4.49. The summed E-state index contributed by atoms with van der Waals surface area (Å²) in [4.78, 5) is 29.4. The number of pyridine rings is 2. The maximum atomic E-state index is 10.8. The maximum absolute atomic E-state index is 10.8. The molecule has 3 aliphatic heterocycles. The van der Waals surface area contributed by atoms with Crippen LogP contribution in [0.4, 0.5) is 10.6 Å². The molecule has 0 aromatic carbocycles. The van der Waals surface area contributed by atoms with Crippen LogP contribution < -0.4 is 15.0 Å². The molecule has 0 aliphatic carbocycles. The number of hydrogen-bond acceptors (Lipinski definition) is 9. The number of nitriles is 1. The molecule has 2 unspecified atom stereocenters. The van der Waals surface area contributed by atoms with Gasteiger partial charge in [-0.15, -0.1) is 0 Å². The second-order valence-electron chi connectivity index (χ2n) is 9.80. The highest BCUT2D eigenvalue weighted by atomic mass is 16.5. The van der Waals surface area contributed by atoms with Crippen LogP contribution in [0.1, 0.15) is 23.1 Å². The summed E-state index contributed by atoms with van der Waals surface area (Å²) in [7, 11) is 1.62. The van der Waals surface area contributed by atoms with E-state index in [4.69, 9.17) is 19.8 Å². The van der Waals surface area contributed by atoms with Gasteiger partial charge in [0.1, 0.15) is 11.9 Å². The summed E-state index contributed by atoms with van der Waals surface area (Å²) in [5.74, 6) is 1.45. The lowest BCUT2D eigenvalue weighted by molar-refractivity contribution is -0.00879. The van der Waals surface area contributed by atoms with Crippen LogP contribution >= 0.6 is 0 Å². The number of hydrogen-bond donors (Lipinski definition) is 2. The number of piperazine rings is 1. The van der Waals surface area contributed by atoms with Crippen LogP contribution in [-0.4, -0.2) is 79.5 Å². The highest BCUT2D eigenvalue weighted by Crippen LogP contribution is 2.36. The van der Waals surface area contributed by atoms with Crippen molar-refractivity contribution in [3.63, 3.8) is 0 Å². The smallest absolute Gasteiger partial charge is 0.404 e. The second kappa shape index (κ2) is 10.2. The van der Waals surface area contributed by atoms with Crippen molar-refractivity contribution < 1.29 is 14.6 Å². The average Bonchev–Trinajstić information content (AvgIpc) is 3.39. The summed E-state index contributed by atoms with van der Waals surface area (Å²) in [5, 5.41) is 25.2. The third kappa shape index (κ3) is 4.80. The number of anilines is 1. The van der Waals surface area contributed by atoms with E-state index < -0.39 is 6.09 Å². The molecular formula is C27H27N9O3. The van der Waals surface area contributed by atoms with Crippen molar-refractivity contribution in [2.75, 3.05) is 31.6 Å². The number of methoxy groups -OCH3 is 1. The van der Waals surface area contributed by atoms with Gasteiger partial charge in [-0.1, -0.05) is 6.07 Å². The van der Waals surface area contributed by atoms with E-state index in [0.717, 1.165) is 36.6 Å². The Morgan fingerprint density at radius 3 is 2.67 bits per heavy atom. The van der Waals surface area contributed by atoms with Gasteiger partial charge in [-0.2, -0.15) is 10.4 Å². The molecule has 198 valence electrons. The van der Waals surface area contributed by atoms with Crippen molar-refractivity contribution in [2.45, 2.75) is 31.5 Å². The molecule has 4 aromatic rings. The molecule has 7 heterocycles. The van der Waals surface area contributed by atoms with Gasteiger partial charge in [0.2, 0.25) is 5.88 Å². The zero-order chi connectivity index (χ0) is 26.9. The Bertz CT molecular complexity index is 1530. The molecule has 0 saturated carbocycles. The molecule has 2 N–H and O–H groups in total. The van der Waals surface area contributed by atoms with Crippen molar-refractivity contribution in [1.29, 1.82) is 5.26 Å². The zero-order valence-electron chi connectivity index (χ0n) is 21.4. The number of carbonyl (C=O) groups is 1. The predicted octanol–water partition coefficient (Wildman–Crippen LogP) is 2.34. The summed E-state index contributed by atoms with van der Waals surface area (Å²) in [6.45, 7) is 2.89. The number of piperidine rings is 1. The molecule has 0 radical (unpaired) electrons. The van der Waals surface area contributed by atoms with Crippen LogP contribution in [0.3, 0.4) is 0 Å². The SMILES string of the molecule is COc1ccc(CN2C3CC2CN(c2cnc(-c4cc(CCNC(=O)O)cn5ncc(C#N)c45)cn2)C3)cn1. The fraction of sp³-hybridized carbons (Fsp3) is 0.333. The highest BCUT2D eigenvalue weighted by molar-refractivity contribution is 5.83. The minimum Gasteiger partial charge on any atom is -0.481 e. The molecular weight excluding hydrogens is 498 g/mol. The lowest BCUT2D eigenvalue weighted by atomic mass is 9.87. The van der Waals surface area contributed by atoms with Crippen LogP contribution in [0.5, 0.6) is 5.88 Å². The van der Waals surface area contributed by atoms with Gasteiger partial charge >= 0.3 is 6.09 Å². The standard InChI is InChI=1S/C27H27N9O3/c1-39-25-3-2-18(9-32-25)13-35-20-7-21(35)16-34(15-20)24-12-30-23(11-31-24)22-6-17(4-5-29-27(37)38)14-36-26(22)19(8-28)10-33-36/h2-3,6,9-12,14,20-21,29H,4-5,7,13,15-16H2,1H3,(H,37,38). The number of aromatic nitrogens is 5. The first-order chi connectivity index (χ1) is 19.0. The predicted molar refractivity (Wildman–Crippen MR) is 141 cm³/mol. The van der Waals surface area contributed by atoms with E-state index in [1.54, 1.807) is 30.2 Å². The van der Waals surface area contributed by atoms with E-state index in [1.165, 1.54) is 18.2 Å². The van der Waals surface area contributed by atoms with E-state index in [0.29, 0.717) is 41.2 Å². The van der Waals surface area contributed by atoms with Gasteiger partial charge in [-0.05, 0) is 30.0 Å². The van der Waals surface area contributed by atoms with Crippen LogP contribution in [0.25, 0.3) is 16.8 Å². The molecule has 3 fully saturated rings. The Balaban J connectivity index is 1.18. The van der Waals surface area contributed by atoms with Crippen molar-refractivity contribution in [3.8, 4) is 23.2 Å². The summed E-state index contributed by atoms with van der Waals surface area (Å²) in [6.07, 6.45) is 9.30. The fourth-order valence-electron chi connectivity index (χ4n) is 5.50. The molecule has 1 amide bonds. The van der Waals surface area contributed by atoms with Crippen LogP contribution in [-0.2, 0) is 13.0 Å². The molecule has 12 heteroatoms. The number of carboxylic acid groups (broad SMARTS) is 1. The van der Waals surface area contributed by atoms with E-state index >= 15 is 0 Å². The number of amides is 1. The lowest BCUT2D eigenvalue weighted by Gasteiger charge is -2.56. The Kier molecular flexibility index (Phi) is 6.42. The molecule has 3 saturated heterocycles. The van der Waals surface area contributed by atoms with Crippen LogP contribution in [0.2, 0.25) is 0 Å². The van der Waals surface area contributed by atoms with Crippen molar-refractivity contribution >= 4 is 17.4 Å². The topological polar surface area (TPSA) is 145 Å². The maximum Gasteiger partial charge on any atom is 0.404 e. The minimum absolute atomic E-state index is 0.264. The van der Waals surface area contributed by atoms with Crippen LogP contribution in [0, 0.1) is 11.3 Å². The van der Waals surface area contributed by atoms with Crippen LogP contribution in [0.15, 0.2) is 49.2 Å². The van der Waals surface area contributed by atoms with Gasteiger partial charge < -0.3 is 20.1 Å². The van der Waals surface area contributed by atoms with E-state index in [2.05, 4.69) is 37.3 Å². The third-order valence-electron chi connectivity index (χ3n) is 7.43. The molecule has 12 nitrogen and oxygen atoms in total. The molecule has 3 aliphatic rings. The van der Waals surface area contributed by atoms with Gasteiger partial charge in [0, 0.05) is 62.3 Å².